The van der Waals surface area contributed by atoms with Crippen LogP contribution in [0.1, 0.15) is 24.5 Å². The number of likely N-dealkylation sites (tertiary alicyclic amines) is 1. The molecular weight excluding hydrogens is 474 g/mol. The van der Waals surface area contributed by atoms with Crippen molar-refractivity contribution in [2.24, 2.45) is 0 Å². The van der Waals surface area contributed by atoms with Gasteiger partial charge in [0.15, 0.2) is 5.54 Å². The lowest BCUT2D eigenvalue weighted by atomic mass is 9.82. The van der Waals surface area contributed by atoms with E-state index in [2.05, 4.69) is 4.90 Å². The number of para-hydroxylation sites is 1. The molecule has 1 N–H and O–H groups in total. The van der Waals surface area contributed by atoms with Gasteiger partial charge in [0, 0.05) is 43.9 Å². The molecule has 2 aromatic carbocycles. The van der Waals surface area contributed by atoms with Gasteiger partial charge in [0.1, 0.15) is 11.5 Å². The van der Waals surface area contributed by atoms with E-state index in [9.17, 15) is 19.5 Å². The molecule has 9 heteroatoms. The first-order valence-electron chi connectivity index (χ1n) is 12.6. The minimum Gasteiger partial charge on any atom is -0.507 e. The van der Waals surface area contributed by atoms with Crippen molar-refractivity contribution in [3.8, 4) is 5.75 Å². The van der Waals surface area contributed by atoms with Crippen LogP contribution in [0.4, 0.5) is 5.69 Å². The van der Waals surface area contributed by atoms with Crippen molar-refractivity contribution in [2.75, 3.05) is 57.9 Å². The zero-order valence-electron chi connectivity index (χ0n) is 21.1. The Morgan fingerprint density at radius 1 is 1.00 bits per heavy atom. The highest BCUT2D eigenvalue weighted by molar-refractivity contribution is 6.50. The van der Waals surface area contributed by atoms with Gasteiger partial charge in [0.2, 0.25) is 0 Å². The van der Waals surface area contributed by atoms with Crippen LogP contribution in [0.2, 0.25) is 0 Å². The third-order valence-corrected chi connectivity index (χ3v) is 7.36. The van der Waals surface area contributed by atoms with E-state index >= 15 is 0 Å². The summed E-state index contributed by atoms with van der Waals surface area (Å²) in [6.45, 7) is 5.61. The summed E-state index contributed by atoms with van der Waals surface area (Å²) in [6, 6.07) is 13.8. The summed E-state index contributed by atoms with van der Waals surface area (Å²) in [5.41, 5.74) is -0.430. The van der Waals surface area contributed by atoms with E-state index in [1.165, 1.54) is 12.0 Å². The maximum atomic E-state index is 14.4. The smallest absolute Gasteiger partial charge is 0.296 e. The molecule has 2 amide bonds. The number of nitrogens with zero attached hydrogens (tertiary/aromatic N) is 3. The molecular formula is C28H31N3O6. The molecule has 5 rings (SSSR count). The number of methoxy groups -OCH3 is 1. The molecule has 2 fully saturated rings. The molecule has 0 saturated carbocycles. The average molecular weight is 506 g/mol. The number of anilines is 1. The van der Waals surface area contributed by atoms with E-state index < -0.39 is 23.1 Å². The molecule has 3 aliphatic heterocycles. The highest BCUT2D eigenvalue weighted by Crippen LogP contribution is 2.53. The van der Waals surface area contributed by atoms with Crippen LogP contribution in [-0.2, 0) is 24.7 Å². The largest absolute Gasteiger partial charge is 0.507 e. The van der Waals surface area contributed by atoms with Crippen molar-refractivity contribution >= 4 is 29.0 Å². The van der Waals surface area contributed by atoms with E-state index in [-0.39, 0.29) is 17.9 Å². The van der Waals surface area contributed by atoms with Crippen molar-refractivity contribution in [3.05, 3.63) is 65.2 Å². The number of rotatable bonds is 7. The minimum absolute atomic E-state index is 0.157. The number of Topliss-reactive ketones (excluding diaryl/α,β-unsaturated/α-hetero) is 1. The Morgan fingerprint density at radius 2 is 1.70 bits per heavy atom. The molecule has 2 saturated heterocycles. The molecule has 3 heterocycles. The molecule has 0 aliphatic carbocycles. The maximum Gasteiger partial charge on any atom is 0.296 e. The number of aliphatic hydroxyl groups excluding tert-OH is 1. The molecule has 9 nitrogen and oxygen atoms in total. The van der Waals surface area contributed by atoms with Gasteiger partial charge in [-0.05, 0) is 36.8 Å². The van der Waals surface area contributed by atoms with Gasteiger partial charge in [-0.3, -0.25) is 19.3 Å². The molecule has 0 aromatic heterocycles. The van der Waals surface area contributed by atoms with Crippen molar-refractivity contribution in [1.82, 2.24) is 9.80 Å². The number of fused-ring (bicyclic) bond motifs is 2. The quantitative estimate of drug-likeness (QED) is 0.350. The Labute approximate surface area is 215 Å². The van der Waals surface area contributed by atoms with Gasteiger partial charge in [-0.1, -0.05) is 25.1 Å². The number of benzene rings is 2. The highest BCUT2D eigenvalue weighted by Gasteiger charge is 2.66. The van der Waals surface area contributed by atoms with Crippen LogP contribution in [-0.4, -0.2) is 85.6 Å². The lowest BCUT2D eigenvalue weighted by Crippen LogP contribution is -2.54. The van der Waals surface area contributed by atoms with Gasteiger partial charge in [0.05, 0.1) is 31.6 Å². The summed E-state index contributed by atoms with van der Waals surface area (Å²) in [4.78, 5) is 46.8. The normalized spacial score (nSPS) is 23.2. The highest BCUT2D eigenvalue weighted by atomic mass is 16.5. The number of ketones is 1. The Morgan fingerprint density at radius 3 is 2.38 bits per heavy atom. The Hall–Kier alpha value is -3.69. The fourth-order valence-corrected chi connectivity index (χ4v) is 5.57. The molecule has 37 heavy (non-hydrogen) atoms. The third-order valence-electron chi connectivity index (χ3n) is 7.36. The fourth-order valence-electron chi connectivity index (χ4n) is 5.57. The first kappa shape index (κ1) is 25.0. The van der Waals surface area contributed by atoms with E-state index in [1.807, 2.05) is 19.1 Å². The van der Waals surface area contributed by atoms with Gasteiger partial charge in [-0.15, -0.1) is 0 Å². The zero-order valence-corrected chi connectivity index (χ0v) is 21.1. The minimum atomic E-state index is -1.74. The van der Waals surface area contributed by atoms with Crippen molar-refractivity contribution < 1.29 is 29.0 Å². The Kier molecular flexibility index (Phi) is 6.74. The second-order valence-corrected chi connectivity index (χ2v) is 9.38. The van der Waals surface area contributed by atoms with E-state index in [0.29, 0.717) is 68.4 Å². The van der Waals surface area contributed by atoms with Crippen LogP contribution < -0.4 is 9.64 Å². The number of hydrogen-bond donors (Lipinski definition) is 1. The summed E-state index contributed by atoms with van der Waals surface area (Å²) in [7, 11) is 1.53. The predicted octanol–water partition coefficient (Wildman–Crippen LogP) is 2.36. The number of aliphatic hydroxyl groups is 1. The Bertz CT molecular complexity index is 1250. The first-order valence-corrected chi connectivity index (χ1v) is 12.6. The van der Waals surface area contributed by atoms with Crippen molar-refractivity contribution in [3.63, 3.8) is 0 Å². The third kappa shape index (κ3) is 3.89. The monoisotopic (exact) mass is 505 g/mol. The SMILES string of the molecule is CCCN1C(=O)C2(/C(=C(\O)c3ccc(OC)cc3)C(=O)C(=O)N2CCN2CCOCC2)c2ccccc21. The first-order chi connectivity index (χ1) is 17.9. The van der Waals surface area contributed by atoms with Gasteiger partial charge in [0.25, 0.3) is 17.6 Å². The van der Waals surface area contributed by atoms with E-state index in [1.54, 1.807) is 41.3 Å². The van der Waals surface area contributed by atoms with Gasteiger partial charge in [-0.25, -0.2) is 0 Å². The number of carbonyl (C=O) groups excluding carboxylic acids is 3. The lowest BCUT2D eigenvalue weighted by Gasteiger charge is -2.36. The number of hydrogen-bond acceptors (Lipinski definition) is 7. The molecule has 2 aromatic rings. The lowest BCUT2D eigenvalue weighted by molar-refractivity contribution is -0.144. The van der Waals surface area contributed by atoms with Crippen LogP contribution >= 0.6 is 0 Å². The molecule has 1 unspecified atom stereocenters. The molecule has 0 bridgehead atoms. The zero-order chi connectivity index (χ0) is 26.2. The number of ether oxygens (including phenoxy) is 2. The molecule has 3 aliphatic rings. The predicted molar refractivity (Wildman–Crippen MR) is 137 cm³/mol. The summed E-state index contributed by atoms with van der Waals surface area (Å²) < 4.78 is 10.7. The second kappa shape index (κ2) is 9.99. The van der Waals surface area contributed by atoms with Gasteiger partial charge >= 0.3 is 0 Å². The van der Waals surface area contributed by atoms with Crippen molar-refractivity contribution in [2.45, 2.75) is 18.9 Å². The summed E-state index contributed by atoms with van der Waals surface area (Å²) >= 11 is 0. The standard InChI is InChI=1S/C28H31N3O6/c1-3-12-30-22-7-5-4-6-21(22)28(27(30)35)23(24(32)19-8-10-20(36-2)11-9-19)25(33)26(34)31(28)14-13-29-15-17-37-18-16-29/h4-11,32H,3,12-18H2,1-2H3/b24-23-. The van der Waals surface area contributed by atoms with Crippen LogP contribution in [0.3, 0.4) is 0 Å². The maximum absolute atomic E-state index is 14.4. The summed E-state index contributed by atoms with van der Waals surface area (Å²) in [5.74, 6) is -1.85. The average Bonchev–Trinajstić information content (AvgIpc) is 3.31. The van der Waals surface area contributed by atoms with Crippen LogP contribution in [0.15, 0.2) is 54.1 Å². The summed E-state index contributed by atoms with van der Waals surface area (Å²) in [6.07, 6.45) is 0.690. The molecule has 1 atom stereocenters. The van der Waals surface area contributed by atoms with Gasteiger partial charge in [-0.2, -0.15) is 0 Å². The second-order valence-electron chi connectivity index (χ2n) is 9.38. The number of amides is 2. The van der Waals surface area contributed by atoms with Crippen LogP contribution in [0.5, 0.6) is 5.75 Å². The van der Waals surface area contributed by atoms with Crippen LogP contribution in [0, 0.1) is 0 Å². The fraction of sp³-hybridized carbons (Fsp3) is 0.393. The Balaban J connectivity index is 1.69. The van der Waals surface area contributed by atoms with Crippen LogP contribution in [0.25, 0.3) is 5.76 Å². The molecule has 1 spiro atoms. The molecule has 194 valence electrons. The van der Waals surface area contributed by atoms with E-state index in [0.717, 1.165) is 0 Å². The van der Waals surface area contributed by atoms with E-state index in [4.69, 9.17) is 9.47 Å². The van der Waals surface area contributed by atoms with Gasteiger partial charge < -0.3 is 24.4 Å². The number of morpholine rings is 1. The molecule has 0 radical (unpaired) electrons. The van der Waals surface area contributed by atoms with Crippen molar-refractivity contribution in [1.29, 1.82) is 0 Å². The number of carbonyl (C=O) groups is 3. The summed E-state index contributed by atoms with van der Waals surface area (Å²) in [5, 5.41) is 11.5. The topological polar surface area (TPSA) is 99.6 Å².